The zero-order valence-corrected chi connectivity index (χ0v) is 10.1. The van der Waals surface area contributed by atoms with Crippen LogP contribution in [0.5, 0.6) is 0 Å². The van der Waals surface area contributed by atoms with Crippen molar-refractivity contribution < 1.29 is 8.78 Å². The maximum atomic E-state index is 13.5. The third-order valence-corrected chi connectivity index (χ3v) is 2.90. The van der Waals surface area contributed by atoms with Crippen molar-refractivity contribution >= 4 is 0 Å². The monoisotopic (exact) mass is 251 g/mol. The predicted molar refractivity (Wildman–Crippen MR) is 64.9 cm³/mol. The van der Waals surface area contributed by atoms with Crippen LogP contribution in [0.1, 0.15) is 30.5 Å². The average molecular weight is 251 g/mol. The molecule has 1 unspecified atom stereocenters. The minimum Gasteiger partial charge on any atom is -0.324 e. The van der Waals surface area contributed by atoms with Crippen LogP contribution in [0.4, 0.5) is 8.78 Å². The standard InChI is InChI=1S/C13H15F2N3/c1-2-13(16)9-6-17-18(7-9)8-10-11(14)4-3-5-12(10)15/h3-7,13H,2,8,16H2,1H3. The van der Waals surface area contributed by atoms with Crippen molar-refractivity contribution in [1.82, 2.24) is 9.78 Å². The third kappa shape index (κ3) is 2.56. The third-order valence-electron chi connectivity index (χ3n) is 2.90. The summed E-state index contributed by atoms with van der Waals surface area (Å²) in [5.74, 6) is -1.13. The first kappa shape index (κ1) is 12.7. The van der Waals surface area contributed by atoms with Gasteiger partial charge in [0.25, 0.3) is 0 Å². The van der Waals surface area contributed by atoms with Gasteiger partial charge in [-0.2, -0.15) is 5.10 Å². The Morgan fingerprint density at radius 2 is 2.00 bits per heavy atom. The van der Waals surface area contributed by atoms with E-state index >= 15 is 0 Å². The van der Waals surface area contributed by atoms with Crippen LogP contribution in [0.25, 0.3) is 0 Å². The molecule has 2 rings (SSSR count). The Morgan fingerprint density at radius 3 is 2.61 bits per heavy atom. The van der Waals surface area contributed by atoms with E-state index < -0.39 is 11.6 Å². The Kier molecular flexibility index (Phi) is 3.72. The van der Waals surface area contributed by atoms with E-state index in [0.29, 0.717) is 0 Å². The van der Waals surface area contributed by atoms with E-state index in [1.54, 1.807) is 12.4 Å². The largest absolute Gasteiger partial charge is 0.324 e. The second-order valence-electron chi connectivity index (χ2n) is 4.19. The summed E-state index contributed by atoms with van der Waals surface area (Å²) in [7, 11) is 0. The fourth-order valence-electron chi connectivity index (χ4n) is 1.74. The molecule has 2 N–H and O–H groups in total. The fraction of sp³-hybridized carbons (Fsp3) is 0.308. The summed E-state index contributed by atoms with van der Waals surface area (Å²) in [6.45, 7) is 2.04. The van der Waals surface area contributed by atoms with Crippen molar-refractivity contribution in [3.05, 3.63) is 53.4 Å². The molecule has 1 aromatic carbocycles. The molecule has 5 heteroatoms. The van der Waals surface area contributed by atoms with Crippen molar-refractivity contribution in [2.45, 2.75) is 25.9 Å². The van der Waals surface area contributed by atoms with Gasteiger partial charge in [-0.25, -0.2) is 8.78 Å². The lowest BCUT2D eigenvalue weighted by molar-refractivity contribution is 0.532. The number of nitrogens with zero attached hydrogens (tertiary/aromatic N) is 2. The van der Waals surface area contributed by atoms with Gasteiger partial charge in [-0.05, 0) is 18.6 Å². The smallest absolute Gasteiger partial charge is 0.131 e. The summed E-state index contributed by atoms with van der Waals surface area (Å²) >= 11 is 0. The Balaban J connectivity index is 2.21. The normalized spacial score (nSPS) is 12.7. The van der Waals surface area contributed by atoms with E-state index in [-0.39, 0.29) is 18.2 Å². The van der Waals surface area contributed by atoms with Gasteiger partial charge in [0.2, 0.25) is 0 Å². The molecular formula is C13H15F2N3. The van der Waals surface area contributed by atoms with Crippen LogP contribution >= 0.6 is 0 Å². The first-order chi connectivity index (χ1) is 8.61. The topological polar surface area (TPSA) is 43.8 Å². The molecule has 0 aliphatic carbocycles. The molecule has 2 aromatic rings. The van der Waals surface area contributed by atoms with Crippen LogP contribution < -0.4 is 5.73 Å². The summed E-state index contributed by atoms with van der Waals surface area (Å²) in [5, 5.41) is 4.07. The van der Waals surface area contributed by atoms with E-state index in [1.807, 2.05) is 6.92 Å². The van der Waals surface area contributed by atoms with Crippen LogP contribution in [0.15, 0.2) is 30.6 Å². The molecule has 96 valence electrons. The number of hydrogen-bond acceptors (Lipinski definition) is 2. The maximum absolute atomic E-state index is 13.5. The molecular weight excluding hydrogens is 236 g/mol. The number of rotatable bonds is 4. The summed E-state index contributed by atoms with van der Waals surface area (Å²) in [6, 6.07) is 3.72. The van der Waals surface area contributed by atoms with Crippen molar-refractivity contribution in [2.24, 2.45) is 5.73 Å². The first-order valence-corrected chi connectivity index (χ1v) is 5.82. The number of hydrogen-bond donors (Lipinski definition) is 1. The Morgan fingerprint density at radius 1 is 1.33 bits per heavy atom. The van der Waals surface area contributed by atoms with Gasteiger partial charge < -0.3 is 5.73 Å². The molecule has 0 bridgehead atoms. The summed E-state index contributed by atoms with van der Waals surface area (Å²) in [6.07, 6.45) is 4.15. The lowest BCUT2D eigenvalue weighted by Crippen LogP contribution is -2.08. The van der Waals surface area contributed by atoms with E-state index in [4.69, 9.17) is 5.73 Å². The zero-order chi connectivity index (χ0) is 13.1. The van der Waals surface area contributed by atoms with Crippen LogP contribution in [-0.4, -0.2) is 9.78 Å². The number of halogens is 2. The van der Waals surface area contributed by atoms with Gasteiger partial charge in [0, 0.05) is 23.4 Å². The van der Waals surface area contributed by atoms with E-state index in [2.05, 4.69) is 5.10 Å². The second kappa shape index (κ2) is 5.27. The summed E-state index contributed by atoms with van der Waals surface area (Å²) in [5.41, 5.74) is 6.74. The lowest BCUT2D eigenvalue weighted by Gasteiger charge is -2.06. The van der Waals surface area contributed by atoms with Crippen molar-refractivity contribution in [3.8, 4) is 0 Å². The molecule has 1 atom stereocenters. The van der Waals surface area contributed by atoms with Crippen molar-refractivity contribution in [1.29, 1.82) is 0 Å². The molecule has 18 heavy (non-hydrogen) atoms. The van der Waals surface area contributed by atoms with E-state index in [9.17, 15) is 8.78 Å². The molecule has 1 aromatic heterocycles. The van der Waals surface area contributed by atoms with Gasteiger partial charge in [0.05, 0.1) is 12.7 Å². The van der Waals surface area contributed by atoms with E-state index in [1.165, 1.54) is 22.9 Å². The SMILES string of the molecule is CCC(N)c1cnn(Cc2c(F)cccc2F)c1. The molecule has 0 saturated carbocycles. The highest BCUT2D eigenvalue weighted by molar-refractivity contribution is 5.20. The molecule has 0 saturated heterocycles. The predicted octanol–water partition coefficient (Wildman–Crippen LogP) is 2.62. The molecule has 0 fully saturated rings. The quantitative estimate of drug-likeness (QED) is 0.907. The van der Waals surface area contributed by atoms with Crippen LogP contribution in [0.3, 0.4) is 0 Å². The molecule has 0 radical (unpaired) electrons. The number of nitrogens with two attached hydrogens (primary N) is 1. The average Bonchev–Trinajstić information content (AvgIpc) is 2.81. The van der Waals surface area contributed by atoms with Crippen molar-refractivity contribution in [3.63, 3.8) is 0 Å². The molecule has 0 amide bonds. The molecule has 0 spiro atoms. The molecule has 0 aliphatic rings. The zero-order valence-electron chi connectivity index (χ0n) is 10.1. The van der Waals surface area contributed by atoms with E-state index in [0.717, 1.165) is 12.0 Å². The summed E-state index contributed by atoms with van der Waals surface area (Å²) in [4.78, 5) is 0. The van der Waals surface area contributed by atoms with Gasteiger partial charge in [0.1, 0.15) is 11.6 Å². The first-order valence-electron chi connectivity index (χ1n) is 5.82. The van der Waals surface area contributed by atoms with Crippen LogP contribution in [0, 0.1) is 11.6 Å². The second-order valence-corrected chi connectivity index (χ2v) is 4.19. The van der Waals surface area contributed by atoms with Gasteiger partial charge in [-0.1, -0.05) is 13.0 Å². The molecule has 1 heterocycles. The van der Waals surface area contributed by atoms with Gasteiger partial charge in [-0.15, -0.1) is 0 Å². The summed E-state index contributed by atoms with van der Waals surface area (Å²) < 4.78 is 28.4. The van der Waals surface area contributed by atoms with Crippen LogP contribution in [-0.2, 0) is 6.54 Å². The Bertz CT molecular complexity index is 517. The number of benzene rings is 1. The number of aromatic nitrogens is 2. The van der Waals surface area contributed by atoms with Crippen molar-refractivity contribution in [2.75, 3.05) is 0 Å². The minimum absolute atomic E-state index is 0.0113. The molecule has 3 nitrogen and oxygen atoms in total. The minimum atomic E-state index is -0.563. The Hall–Kier alpha value is -1.75. The highest BCUT2D eigenvalue weighted by Crippen LogP contribution is 2.16. The highest BCUT2D eigenvalue weighted by Gasteiger charge is 2.11. The fourth-order valence-corrected chi connectivity index (χ4v) is 1.74. The Labute approximate surface area is 104 Å². The molecule has 0 aliphatic heterocycles. The van der Waals surface area contributed by atoms with Crippen LogP contribution in [0.2, 0.25) is 0 Å². The lowest BCUT2D eigenvalue weighted by atomic mass is 10.1. The highest BCUT2D eigenvalue weighted by atomic mass is 19.1. The van der Waals surface area contributed by atoms with Gasteiger partial charge >= 0.3 is 0 Å². The maximum Gasteiger partial charge on any atom is 0.131 e. The van der Waals surface area contributed by atoms with Gasteiger partial charge in [-0.3, -0.25) is 4.68 Å². The van der Waals surface area contributed by atoms with Gasteiger partial charge in [0.15, 0.2) is 0 Å².